The molecule has 0 aliphatic carbocycles. The van der Waals surface area contributed by atoms with Crippen molar-refractivity contribution in [1.82, 2.24) is 4.90 Å². The van der Waals surface area contributed by atoms with Gasteiger partial charge in [-0.3, -0.25) is 4.99 Å². The summed E-state index contributed by atoms with van der Waals surface area (Å²) >= 11 is 1.54. The molecule has 0 spiro atoms. The Kier molecular flexibility index (Phi) is 7.02. The number of benzene rings is 1. The molecule has 36 heavy (non-hydrogen) atoms. The maximum absolute atomic E-state index is 14.2. The zero-order valence-corrected chi connectivity index (χ0v) is 24.1. The number of ether oxygens (including phenoxy) is 2. The maximum Gasteiger partial charge on any atom is 0.425 e. The molecular weight excluding hydrogens is 502 g/mol. The van der Waals surface area contributed by atoms with E-state index < -0.39 is 48.8 Å². The lowest BCUT2D eigenvalue weighted by atomic mass is 9.86. The van der Waals surface area contributed by atoms with Crippen LogP contribution in [0.5, 0.6) is 0 Å². The van der Waals surface area contributed by atoms with E-state index in [-0.39, 0.29) is 5.84 Å². The van der Waals surface area contributed by atoms with E-state index in [0.29, 0.717) is 28.3 Å². The molecule has 2 heterocycles. The Hall–Kier alpha value is -2.27. The van der Waals surface area contributed by atoms with Crippen LogP contribution in [0.15, 0.2) is 28.1 Å². The number of thioether (sulfide) groups is 1. The molecule has 11 heteroatoms. The van der Waals surface area contributed by atoms with E-state index in [1.165, 1.54) is 25.6 Å². The van der Waals surface area contributed by atoms with Crippen LogP contribution in [0.4, 0.5) is 15.3 Å². The maximum atomic E-state index is 14.2. The number of carbonyl (C=O) groups excluding carboxylic acids is 2. The lowest BCUT2D eigenvalue weighted by Gasteiger charge is -2.46. The minimum absolute atomic E-state index is 0.245. The summed E-state index contributed by atoms with van der Waals surface area (Å²) in [6.45, 7) is 14.6. The molecular formula is C25H37N3O6S2. The predicted molar refractivity (Wildman–Crippen MR) is 142 cm³/mol. The van der Waals surface area contributed by atoms with Crippen molar-refractivity contribution in [2.24, 2.45) is 4.99 Å². The smallest absolute Gasteiger partial charge is 0.425 e. The fourth-order valence-corrected chi connectivity index (χ4v) is 8.03. The number of hydrogen-bond donors (Lipinski definition) is 1. The lowest BCUT2D eigenvalue weighted by Crippen LogP contribution is -2.64. The van der Waals surface area contributed by atoms with E-state index >= 15 is 0 Å². The van der Waals surface area contributed by atoms with Gasteiger partial charge in [0, 0.05) is 10.6 Å². The molecule has 0 saturated carbocycles. The van der Waals surface area contributed by atoms with E-state index in [1.807, 2.05) is 6.07 Å². The molecule has 0 bridgehead atoms. The summed E-state index contributed by atoms with van der Waals surface area (Å²) in [5.74, 6) is 0.323. The number of nitrogens with zero attached hydrogens (tertiary/aromatic N) is 2. The monoisotopic (exact) mass is 539 g/mol. The van der Waals surface area contributed by atoms with Crippen LogP contribution >= 0.6 is 11.8 Å². The average molecular weight is 540 g/mol. The number of nitrogen functional groups attached to an aromatic ring is 1. The number of rotatable bonds is 0. The van der Waals surface area contributed by atoms with Gasteiger partial charge in [-0.05, 0) is 98.2 Å². The van der Waals surface area contributed by atoms with Gasteiger partial charge >= 0.3 is 12.2 Å². The number of anilines is 1. The van der Waals surface area contributed by atoms with Gasteiger partial charge in [0.2, 0.25) is 0 Å². The van der Waals surface area contributed by atoms with Crippen molar-refractivity contribution < 1.29 is 27.5 Å². The molecule has 2 unspecified atom stereocenters. The SMILES string of the molecule is CC(C)(C)OC(=O)N(C(=O)OC(C)(C)C)C1=NC2(C)c3cc(N)ccc3SCCC2S(=O)(=O)C1(C)C. The van der Waals surface area contributed by atoms with Crippen molar-refractivity contribution in [3.05, 3.63) is 23.8 Å². The van der Waals surface area contributed by atoms with Gasteiger partial charge in [0.25, 0.3) is 0 Å². The number of amidine groups is 1. The third-order valence-electron chi connectivity index (χ3n) is 6.14. The molecule has 3 rings (SSSR count). The number of hydrogen-bond acceptors (Lipinski definition) is 9. The highest BCUT2D eigenvalue weighted by molar-refractivity contribution is 7.99. The van der Waals surface area contributed by atoms with Crippen LogP contribution in [0.2, 0.25) is 0 Å². The topological polar surface area (TPSA) is 128 Å². The van der Waals surface area contributed by atoms with Crippen LogP contribution in [0.1, 0.15) is 74.3 Å². The van der Waals surface area contributed by atoms with Crippen LogP contribution in [0.3, 0.4) is 0 Å². The third kappa shape index (κ3) is 5.09. The molecule has 1 aromatic rings. The molecule has 0 aromatic heterocycles. The Morgan fingerprint density at radius 2 is 1.58 bits per heavy atom. The number of amides is 2. The Bertz CT molecular complexity index is 1180. The molecule has 0 radical (unpaired) electrons. The summed E-state index contributed by atoms with van der Waals surface area (Å²) in [6.07, 6.45) is -1.77. The largest absolute Gasteiger partial charge is 0.443 e. The van der Waals surface area contributed by atoms with Gasteiger partial charge in [-0.15, -0.1) is 11.8 Å². The molecule has 0 saturated heterocycles. The van der Waals surface area contributed by atoms with Gasteiger partial charge < -0.3 is 15.2 Å². The number of aliphatic imine (C=N–C) groups is 1. The van der Waals surface area contributed by atoms with E-state index in [9.17, 15) is 18.0 Å². The number of sulfone groups is 1. The first-order valence-electron chi connectivity index (χ1n) is 11.8. The normalized spacial score (nSPS) is 24.9. The van der Waals surface area contributed by atoms with Crippen LogP contribution in [0, 0.1) is 0 Å². The van der Waals surface area contributed by atoms with E-state index in [4.69, 9.17) is 20.2 Å². The first kappa shape index (κ1) is 28.3. The molecule has 200 valence electrons. The Labute approximate surface area is 218 Å². The summed E-state index contributed by atoms with van der Waals surface area (Å²) in [5, 5.41) is -0.890. The van der Waals surface area contributed by atoms with Gasteiger partial charge in [-0.2, -0.15) is 4.90 Å². The van der Waals surface area contributed by atoms with Crippen molar-refractivity contribution in [3.8, 4) is 0 Å². The van der Waals surface area contributed by atoms with Gasteiger partial charge in [0.1, 0.15) is 27.3 Å². The second-order valence-electron chi connectivity index (χ2n) is 11.8. The van der Waals surface area contributed by atoms with Crippen molar-refractivity contribution in [2.45, 2.75) is 100 Å². The molecule has 2 aliphatic rings. The minimum Gasteiger partial charge on any atom is -0.443 e. The molecule has 2 aliphatic heterocycles. The standard InChI is InChI=1S/C25H37N3O6S2/c1-22(2,3)33-20(29)28(21(30)34-23(4,5)6)19-24(7,8)36(31,32)18-12-13-35-17-11-10-15(26)14-16(17)25(18,9)27-19/h10-11,14,18H,12-13,26H2,1-9H3. The zero-order chi connectivity index (χ0) is 27.5. The summed E-state index contributed by atoms with van der Waals surface area (Å²) in [5.41, 5.74) is 3.98. The highest BCUT2D eigenvalue weighted by atomic mass is 32.2. The minimum atomic E-state index is -3.99. The first-order chi connectivity index (χ1) is 16.2. The number of carbonyl (C=O) groups is 2. The third-order valence-corrected chi connectivity index (χ3v) is 10.3. The molecule has 9 nitrogen and oxygen atoms in total. The van der Waals surface area contributed by atoms with Gasteiger partial charge in [0.05, 0.1) is 5.25 Å². The summed E-state index contributed by atoms with van der Waals surface area (Å²) in [7, 11) is -3.99. The van der Waals surface area contributed by atoms with Crippen LogP contribution in [0.25, 0.3) is 0 Å². The summed E-state index contributed by atoms with van der Waals surface area (Å²) in [6, 6.07) is 5.33. The molecule has 1 aromatic carbocycles. The highest BCUT2D eigenvalue weighted by Gasteiger charge is 2.60. The van der Waals surface area contributed by atoms with E-state index in [2.05, 4.69) is 0 Å². The summed E-state index contributed by atoms with van der Waals surface area (Å²) < 4.78 is 37.7. The zero-order valence-electron chi connectivity index (χ0n) is 22.5. The molecule has 2 N–H and O–H groups in total. The van der Waals surface area contributed by atoms with Crippen LogP contribution in [-0.2, 0) is 24.8 Å². The Balaban J connectivity index is 2.34. The van der Waals surface area contributed by atoms with Gasteiger partial charge in [-0.25, -0.2) is 18.0 Å². The second kappa shape index (κ2) is 8.93. The van der Waals surface area contributed by atoms with E-state index in [1.54, 1.807) is 60.6 Å². The Morgan fingerprint density at radius 3 is 2.08 bits per heavy atom. The fourth-order valence-electron chi connectivity index (χ4n) is 4.41. The molecule has 2 amide bonds. The predicted octanol–water partition coefficient (Wildman–Crippen LogP) is 5.13. The second-order valence-corrected chi connectivity index (χ2v) is 15.6. The van der Waals surface area contributed by atoms with Gasteiger partial charge in [-0.1, -0.05) is 0 Å². The number of nitrogens with two attached hydrogens (primary N) is 1. The number of imide groups is 1. The summed E-state index contributed by atoms with van der Waals surface area (Å²) in [4.78, 5) is 33.3. The van der Waals surface area contributed by atoms with Crippen LogP contribution < -0.4 is 5.73 Å². The first-order valence-corrected chi connectivity index (χ1v) is 14.4. The average Bonchev–Trinajstić information content (AvgIpc) is 2.81. The van der Waals surface area contributed by atoms with Gasteiger partial charge in [0.15, 0.2) is 9.84 Å². The van der Waals surface area contributed by atoms with Crippen molar-refractivity contribution in [2.75, 3.05) is 11.5 Å². The number of fused-ring (bicyclic) bond motifs is 3. The van der Waals surface area contributed by atoms with Crippen molar-refractivity contribution in [1.29, 1.82) is 0 Å². The molecule has 0 fully saturated rings. The van der Waals surface area contributed by atoms with Crippen molar-refractivity contribution >= 4 is 45.3 Å². The van der Waals surface area contributed by atoms with E-state index in [0.717, 1.165) is 4.90 Å². The Morgan fingerprint density at radius 1 is 1.06 bits per heavy atom. The fraction of sp³-hybridized carbons (Fsp3) is 0.640. The molecule has 2 atom stereocenters. The quantitative estimate of drug-likeness (QED) is 0.450. The highest BCUT2D eigenvalue weighted by Crippen LogP contribution is 2.50. The lowest BCUT2D eigenvalue weighted by molar-refractivity contribution is 0.0138. The van der Waals surface area contributed by atoms with Crippen molar-refractivity contribution in [3.63, 3.8) is 0 Å². The van der Waals surface area contributed by atoms with Crippen LogP contribution in [-0.4, -0.2) is 58.3 Å².